The van der Waals surface area contributed by atoms with E-state index in [1.807, 2.05) is 30.3 Å². The van der Waals surface area contributed by atoms with Crippen LogP contribution in [0.25, 0.3) is 11.3 Å². The number of nitrogens with two attached hydrogens (primary N) is 1. The topological polar surface area (TPSA) is 101 Å². The maximum atomic E-state index is 11.1. The number of hydrogen-bond acceptors (Lipinski definition) is 5. The maximum Gasteiger partial charge on any atom is 0.248 e. The van der Waals surface area contributed by atoms with Crippen molar-refractivity contribution in [2.75, 3.05) is 11.9 Å². The molecule has 0 spiro atoms. The van der Waals surface area contributed by atoms with E-state index in [0.29, 0.717) is 17.8 Å². The molecule has 6 heteroatoms. The molecule has 0 fully saturated rings. The molecule has 0 unspecified atom stereocenters. The number of hydrogen-bond donors (Lipinski definition) is 3. The molecule has 3 rings (SSSR count). The summed E-state index contributed by atoms with van der Waals surface area (Å²) in [5.74, 6) is 0.208. The molecule has 126 valence electrons. The van der Waals surface area contributed by atoms with Gasteiger partial charge in [0.25, 0.3) is 0 Å². The van der Waals surface area contributed by atoms with Gasteiger partial charge in [-0.25, -0.2) is 9.97 Å². The molecule has 0 aliphatic heterocycles. The highest BCUT2D eigenvalue weighted by atomic mass is 16.2. The van der Waals surface area contributed by atoms with E-state index in [9.17, 15) is 4.79 Å². The molecule has 2 aromatic carbocycles. The minimum Gasteiger partial charge on any atom is -0.396 e. The van der Waals surface area contributed by atoms with Crippen molar-refractivity contribution in [1.82, 2.24) is 9.97 Å². The Hall–Kier alpha value is -3.25. The lowest BCUT2D eigenvalue weighted by atomic mass is 10.1. The largest absolute Gasteiger partial charge is 0.396 e. The molecule has 4 N–H and O–H groups in total. The third-order valence-corrected chi connectivity index (χ3v) is 3.76. The summed E-state index contributed by atoms with van der Waals surface area (Å²) >= 11 is 0. The van der Waals surface area contributed by atoms with Crippen LogP contribution in [0, 0.1) is 0 Å². The van der Waals surface area contributed by atoms with Gasteiger partial charge in [0.05, 0.1) is 5.69 Å². The molecule has 0 saturated heterocycles. The van der Waals surface area contributed by atoms with Crippen LogP contribution in [0.1, 0.15) is 15.9 Å². The molecule has 0 aliphatic carbocycles. The Kier molecular flexibility index (Phi) is 5.01. The van der Waals surface area contributed by atoms with Crippen molar-refractivity contribution in [2.45, 2.75) is 6.42 Å². The lowest BCUT2D eigenvalue weighted by molar-refractivity contribution is 0.100. The number of primary amides is 1. The zero-order valence-electron chi connectivity index (χ0n) is 13.5. The van der Waals surface area contributed by atoms with E-state index in [2.05, 4.69) is 15.3 Å². The minimum absolute atomic E-state index is 0.136. The molecule has 0 bridgehead atoms. The number of carbonyl (C=O) groups excluding carboxylic acids is 1. The standard InChI is InChI=1S/C19H18N4O2/c20-19(25)15-5-3-14(4-6-15)17-11-18(22-12-21-17)23-16-7-1-13(2-8-16)9-10-24/h1-8,11-12,24H,9-10H2,(H2,20,25)(H,21,22,23). The predicted octanol–water partition coefficient (Wildman–Crippen LogP) is 2.52. The van der Waals surface area contributed by atoms with Gasteiger partial charge in [-0.3, -0.25) is 4.79 Å². The van der Waals surface area contributed by atoms with Crippen LogP contribution in [0.3, 0.4) is 0 Å². The first-order valence-electron chi connectivity index (χ1n) is 7.85. The molecule has 0 radical (unpaired) electrons. The van der Waals surface area contributed by atoms with Gasteiger partial charge in [-0.1, -0.05) is 24.3 Å². The Morgan fingerprint density at radius 2 is 1.76 bits per heavy atom. The smallest absolute Gasteiger partial charge is 0.248 e. The summed E-state index contributed by atoms with van der Waals surface area (Å²) in [7, 11) is 0. The molecule has 1 amide bonds. The quantitative estimate of drug-likeness (QED) is 0.643. The predicted molar refractivity (Wildman–Crippen MR) is 96.5 cm³/mol. The molecule has 25 heavy (non-hydrogen) atoms. The summed E-state index contributed by atoms with van der Waals surface area (Å²) in [6, 6.07) is 16.6. The number of aliphatic hydroxyl groups excluding tert-OH is 1. The number of aromatic nitrogens is 2. The lowest BCUT2D eigenvalue weighted by Gasteiger charge is -2.08. The third-order valence-electron chi connectivity index (χ3n) is 3.76. The number of carbonyl (C=O) groups is 1. The summed E-state index contributed by atoms with van der Waals surface area (Å²) < 4.78 is 0. The average molecular weight is 334 g/mol. The number of benzene rings is 2. The Morgan fingerprint density at radius 1 is 1.04 bits per heavy atom. The summed E-state index contributed by atoms with van der Waals surface area (Å²) in [5, 5.41) is 12.2. The van der Waals surface area contributed by atoms with Crippen LogP contribution >= 0.6 is 0 Å². The number of anilines is 2. The number of nitrogens with one attached hydrogen (secondary N) is 1. The van der Waals surface area contributed by atoms with E-state index in [4.69, 9.17) is 10.8 Å². The van der Waals surface area contributed by atoms with Crippen molar-refractivity contribution >= 4 is 17.4 Å². The van der Waals surface area contributed by atoms with Crippen molar-refractivity contribution in [3.63, 3.8) is 0 Å². The van der Waals surface area contributed by atoms with Crippen LogP contribution in [0.15, 0.2) is 60.9 Å². The fraction of sp³-hybridized carbons (Fsp3) is 0.105. The van der Waals surface area contributed by atoms with E-state index >= 15 is 0 Å². The van der Waals surface area contributed by atoms with Gasteiger partial charge in [0, 0.05) is 29.5 Å². The Labute approximate surface area is 145 Å². The van der Waals surface area contributed by atoms with E-state index in [1.54, 1.807) is 24.3 Å². The van der Waals surface area contributed by atoms with Crippen LogP contribution < -0.4 is 11.1 Å². The van der Waals surface area contributed by atoms with Crippen molar-refractivity contribution < 1.29 is 9.90 Å². The zero-order valence-corrected chi connectivity index (χ0v) is 13.5. The zero-order chi connectivity index (χ0) is 17.6. The van der Waals surface area contributed by atoms with Gasteiger partial charge in [-0.05, 0) is 36.2 Å². The van der Waals surface area contributed by atoms with E-state index < -0.39 is 5.91 Å². The number of aliphatic hydroxyl groups is 1. The Morgan fingerprint density at radius 3 is 2.40 bits per heavy atom. The van der Waals surface area contributed by atoms with Crippen molar-refractivity contribution in [1.29, 1.82) is 0 Å². The maximum absolute atomic E-state index is 11.1. The van der Waals surface area contributed by atoms with Gasteiger partial charge in [0.2, 0.25) is 5.91 Å². The molecule has 6 nitrogen and oxygen atoms in total. The summed E-state index contributed by atoms with van der Waals surface area (Å²) in [6.45, 7) is 0.136. The van der Waals surface area contributed by atoms with Gasteiger partial charge >= 0.3 is 0 Å². The van der Waals surface area contributed by atoms with E-state index in [1.165, 1.54) is 6.33 Å². The van der Waals surface area contributed by atoms with Crippen LogP contribution in [0.4, 0.5) is 11.5 Å². The number of rotatable bonds is 6. The highest BCUT2D eigenvalue weighted by molar-refractivity contribution is 5.93. The first-order chi connectivity index (χ1) is 12.2. The van der Waals surface area contributed by atoms with Gasteiger partial charge < -0.3 is 16.2 Å². The SMILES string of the molecule is NC(=O)c1ccc(-c2cc(Nc3ccc(CCO)cc3)ncn2)cc1. The van der Waals surface area contributed by atoms with Gasteiger partial charge in [-0.2, -0.15) is 0 Å². The highest BCUT2D eigenvalue weighted by Crippen LogP contribution is 2.21. The number of nitrogens with zero attached hydrogens (tertiary/aromatic N) is 2. The molecule has 0 aliphatic rings. The molecular weight excluding hydrogens is 316 g/mol. The van der Waals surface area contributed by atoms with Crippen LogP contribution in [0.2, 0.25) is 0 Å². The third kappa shape index (κ3) is 4.19. The molecule has 1 heterocycles. The molecule has 0 saturated carbocycles. The fourth-order valence-corrected chi connectivity index (χ4v) is 2.42. The lowest BCUT2D eigenvalue weighted by Crippen LogP contribution is -2.10. The van der Waals surface area contributed by atoms with Gasteiger partial charge in [-0.15, -0.1) is 0 Å². The average Bonchev–Trinajstić information content (AvgIpc) is 2.64. The first kappa shape index (κ1) is 16.6. The van der Waals surface area contributed by atoms with Crippen molar-refractivity contribution in [2.24, 2.45) is 5.73 Å². The molecular formula is C19H18N4O2. The van der Waals surface area contributed by atoms with Gasteiger partial charge in [0.1, 0.15) is 12.1 Å². The first-order valence-corrected chi connectivity index (χ1v) is 7.85. The normalized spacial score (nSPS) is 10.4. The summed E-state index contributed by atoms with van der Waals surface area (Å²) in [4.78, 5) is 19.6. The monoisotopic (exact) mass is 334 g/mol. The second-order valence-corrected chi connectivity index (χ2v) is 5.53. The van der Waals surface area contributed by atoms with Crippen molar-refractivity contribution in [3.05, 3.63) is 72.1 Å². The second kappa shape index (κ2) is 7.55. The highest BCUT2D eigenvalue weighted by Gasteiger charge is 2.05. The van der Waals surface area contributed by atoms with Crippen molar-refractivity contribution in [3.8, 4) is 11.3 Å². The molecule has 1 aromatic heterocycles. The summed E-state index contributed by atoms with van der Waals surface area (Å²) in [5.41, 5.74) is 9.30. The minimum atomic E-state index is -0.457. The van der Waals surface area contributed by atoms with E-state index in [-0.39, 0.29) is 6.61 Å². The summed E-state index contributed by atoms with van der Waals surface area (Å²) in [6.07, 6.45) is 2.12. The van der Waals surface area contributed by atoms with Crippen LogP contribution in [-0.2, 0) is 6.42 Å². The van der Waals surface area contributed by atoms with E-state index in [0.717, 1.165) is 22.5 Å². The number of amides is 1. The molecule has 3 aromatic rings. The van der Waals surface area contributed by atoms with Crippen LogP contribution in [0.5, 0.6) is 0 Å². The van der Waals surface area contributed by atoms with Crippen LogP contribution in [-0.4, -0.2) is 27.6 Å². The Bertz CT molecular complexity index is 861. The molecule has 0 atom stereocenters. The fourth-order valence-electron chi connectivity index (χ4n) is 2.42. The Balaban J connectivity index is 1.78. The second-order valence-electron chi connectivity index (χ2n) is 5.53. The van der Waals surface area contributed by atoms with Gasteiger partial charge in [0.15, 0.2) is 0 Å².